The number of nitrogens with one attached hydrogen (secondary N) is 2. The van der Waals surface area contributed by atoms with Crippen molar-refractivity contribution in [1.29, 1.82) is 0 Å². The van der Waals surface area contributed by atoms with E-state index in [4.69, 9.17) is 4.74 Å². The number of carbonyl (C=O) groups is 1. The standard InChI is InChI=1S/C22H21N3O4/c1-29-14-13-23-20-12-11-17(15-21(20)25(27)28)22(26)24-19-10-6-5-9-18(19)16-7-3-2-4-8-16/h2-12,15,23H,13-14H2,1H3,(H,24,26). The Morgan fingerprint density at radius 1 is 1.00 bits per heavy atom. The average Bonchev–Trinajstić information content (AvgIpc) is 2.75. The lowest BCUT2D eigenvalue weighted by molar-refractivity contribution is -0.384. The lowest BCUT2D eigenvalue weighted by atomic mass is 10.0. The number of carbonyl (C=O) groups excluding carboxylic acids is 1. The third-order valence-electron chi connectivity index (χ3n) is 4.34. The molecule has 148 valence electrons. The molecule has 7 nitrogen and oxygen atoms in total. The lowest BCUT2D eigenvalue weighted by Crippen LogP contribution is -2.14. The van der Waals surface area contributed by atoms with Gasteiger partial charge in [0.25, 0.3) is 11.6 Å². The summed E-state index contributed by atoms with van der Waals surface area (Å²) < 4.78 is 4.94. The summed E-state index contributed by atoms with van der Waals surface area (Å²) in [5, 5.41) is 17.2. The molecule has 0 aliphatic carbocycles. The van der Waals surface area contributed by atoms with Crippen molar-refractivity contribution in [3.8, 4) is 11.1 Å². The van der Waals surface area contributed by atoms with E-state index in [9.17, 15) is 14.9 Å². The summed E-state index contributed by atoms with van der Waals surface area (Å²) >= 11 is 0. The molecule has 0 unspecified atom stereocenters. The van der Waals surface area contributed by atoms with Gasteiger partial charge in [0.1, 0.15) is 5.69 Å². The van der Waals surface area contributed by atoms with Crippen LogP contribution in [0.25, 0.3) is 11.1 Å². The van der Waals surface area contributed by atoms with Gasteiger partial charge in [-0.15, -0.1) is 0 Å². The first-order valence-electron chi connectivity index (χ1n) is 9.07. The Hall–Kier alpha value is -3.71. The van der Waals surface area contributed by atoms with Crippen LogP contribution in [0.2, 0.25) is 0 Å². The molecule has 0 saturated heterocycles. The van der Waals surface area contributed by atoms with Crippen molar-refractivity contribution in [2.24, 2.45) is 0 Å². The van der Waals surface area contributed by atoms with Crippen LogP contribution >= 0.6 is 0 Å². The molecule has 7 heteroatoms. The van der Waals surface area contributed by atoms with Crippen molar-refractivity contribution < 1.29 is 14.5 Å². The fraction of sp³-hybridized carbons (Fsp3) is 0.136. The van der Waals surface area contributed by atoms with E-state index >= 15 is 0 Å². The van der Waals surface area contributed by atoms with Crippen LogP contribution in [-0.2, 0) is 4.74 Å². The van der Waals surface area contributed by atoms with Crippen molar-refractivity contribution in [2.75, 3.05) is 30.9 Å². The summed E-state index contributed by atoms with van der Waals surface area (Å²) in [6.45, 7) is 0.836. The Morgan fingerprint density at radius 3 is 2.45 bits per heavy atom. The summed E-state index contributed by atoms with van der Waals surface area (Å²) in [6, 6.07) is 21.5. The van der Waals surface area contributed by atoms with Crippen LogP contribution in [0, 0.1) is 10.1 Å². The number of amides is 1. The summed E-state index contributed by atoms with van der Waals surface area (Å²) in [5.41, 5.74) is 2.85. The lowest BCUT2D eigenvalue weighted by Gasteiger charge is -2.12. The Balaban J connectivity index is 1.85. The van der Waals surface area contributed by atoms with Crippen LogP contribution < -0.4 is 10.6 Å². The van der Waals surface area contributed by atoms with Gasteiger partial charge >= 0.3 is 0 Å². The second kappa shape index (κ2) is 9.48. The molecule has 0 saturated carbocycles. The van der Waals surface area contributed by atoms with Crippen molar-refractivity contribution in [3.05, 3.63) is 88.5 Å². The van der Waals surface area contributed by atoms with Crippen LogP contribution in [0.5, 0.6) is 0 Å². The third kappa shape index (κ3) is 4.97. The first kappa shape index (κ1) is 20.0. The van der Waals surface area contributed by atoms with Gasteiger partial charge in [-0.1, -0.05) is 48.5 Å². The van der Waals surface area contributed by atoms with Gasteiger partial charge in [-0.05, 0) is 23.8 Å². The van der Waals surface area contributed by atoms with E-state index in [0.29, 0.717) is 24.5 Å². The molecule has 0 atom stereocenters. The first-order chi connectivity index (χ1) is 14.1. The molecular weight excluding hydrogens is 370 g/mol. The normalized spacial score (nSPS) is 10.4. The molecule has 0 aliphatic heterocycles. The van der Waals surface area contributed by atoms with Crippen LogP contribution in [0.1, 0.15) is 10.4 Å². The molecule has 0 aromatic heterocycles. The van der Waals surface area contributed by atoms with E-state index in [1.807, 2.05) is 48.5 Å². The first-order valence-corrected chi connectivity index (χ1v) is 9.07. The topological polar surface area (TPSA) is 93.5 Å². The molecule has 0 spiro atoms. The Labute approximate surface area is 168 Å². The predicted molar refractivity (Wildman–Crippen MR) is 113 cm³/mol. The number of anilines is 2. The highest BCUT2D eigenvalue weighted by Gasteiger charge is 2.18. The van der Waals surface area contributed by atoms with Crippen LogP contribution in [0.3, 0.4) is 0 Å². The molecule has 0 bridgehead atoms. The highest BCUT2D eigenvalue weighted by molar-refractivity contribution is 6.07. The summed E-state index contributed by atoms with van der Waals surface area (Å²) in [7, 11) is 1.55. The van der Waals surface area contributed by atoms with Crippen LogP contribution in [-0.4, -0.2) is 31.1 Å². The van der Waals surface area contributed by atoms with E-state index < -0.39 is 10.8 Å². The van der Waals surface area contributed by atoms with Crippen molar-refractivity contribution in [2.45, 2.75) is 0 Å². The molecule has 3 rings (SSSR count). The number of ether oxygens (including phenoxy) is 1. The van der Waals surface area contributed by atoms with Gasteiger partial charge in [0.05, 0.1) is 11.5 Å². The van der Waals surface area contributed by atoms with Crippen LogP contribution in [0.15, 0.2) is 72.8 Å². The second-order valence-electron chi connectivity index (χ2n) is 6.27. The average molecular weight is 391 g/mol. The number of nitro benzene ring substituents is 1. The van der Waals surface area contributed by atoms with E-state index in [2.05, 4.69) is 10.6 Å². The zero-order chi connectivity index (χ0) is 20.6. The van der Waals surface area contributed by atoms with Gasteiger partial charge in [0, 0.05) is 36.5 Å². The molecule has 3 aromatic rings. The molecule has 0 radical (unpaired) electrons. The van der Waals surface area contributed by atoms with Crippen molar-refractivity contribution >= 4 is 23.0 Å². The van der Waals surface area contributed by atoms with Gasteiger partial charge in [-0.25, -0.2) is 0 Å². The fourth-order valence-corrected chi connectivity index (χ4v) is 2.92. The highest BCUT2D eigenvalue weighted by Crippen LogP contribution is 2.29. The molecule has 0 heterocycles. The van der Waals surface area contributed by atoms with Gasteiger partial charge in [-0.2, -0.15) is 0 Å². The summed E-state index contributed by atoms with van der Waals surface area (Å²) in [6.07, 6.45) is 0. The summed E-state index contributed by atoms with van der Waals surface area (Å²) in [4.78, 5) is 23.7. The Morgan fingerprint density at radius 2 is 1.72 bits per heavy atom. The van der Waals surface area contributed by atoms with Gasteiger partial charge < -0.3 is 15.4 Å². The van der Waals surface area contributed by atoms with Gasteiger partial charge in [0.2, 0.25) is 0 Å². The molecule has 0 aliphatic rings. The fourth-order valence-electron chi connectivity index (χ4n) is 2.92. The quantitative estimate of drug-likeness (QED) is 0.333. The maximum Gasteiger partial charge on any atom is 0.293 e. The molecular formula is C22H21N3O4. The van der Waals surface area contributed by atoms with Gasteiger partial charge in [-0.3, -0.25) is 14.9 Å². The van der Waals surface area contributed by atoms with E-state index in [0.717, 1.165) is 11.1 Å². The maximum absolute atomic E-state index is 12.8. The molecule has 3 aromatic carbocycles. The zero-order valence-corrected chi connectivity index (χ0v) is 15.9. The molecule has 2 N–H and O–H groups in total. The number of hydrogen-bond donors (Lipinski definition) is 2. The Kier molecular flexibility index (Phi) is 6.55. The largest absolute Gasteiger partial charge is 0.383 e. The zero-order valence-electron chi connectivity index (χ0n) is 15.9. The summed E-state index contributed by atoms with van der Waals surface area (Å²) in [5.74, 6) is -0.417. The minimum absolute atomic E-state index is 0.162. The smallest absolute Gasteiger partial charge is 0.293 e. The third-order valence-corrected chi connectivity index (χ3v) is 4.34. The van der Waals surface area contributed by atoms with Crippen molar-refractivity contribution in [1.82, 2.24) is 0 Å². The number of methoxy groups -OCH3 is 1. The molecule has 1 amide bonds. The maximum atomic E-state index is 12.8. The minimum atomic E-state index is -0.510. The van der Waals surface area contributed by atoms with Crippen molar-refractivity contribution in [3.63, 3.8) is 0 Å². The SMILES string of the molecule is COCCNc1ccc(C(=O)Nc2ccccc2-c2ccccc2)cc1[N+](=O)[O-]. The van der Waals surface area contributed by atoms with E-state index in [-0.39, 0.29) is 11.3 Å². The number of benzene rings is 3. The number of hydrogen-bond acceptors (Lipinski definition) is 5. The van der Waals surface area contributed by atoms with E-state index in [1.54, 1.807) is 19.2 Å². The minimum Gasteiger partial charge on any atom is -0.383 e. The Bertz CT molecular complexity index is 1010. The predicted octanol–water partition coefficient (Wildman–Crippen LogP) is 4.57. The van der Waals surface area contributed by atoms with Gasteiger partial charge in [0.15, 0.2) is 0 Å². The second-order valence-corrected chi connectivity index (χ2v) is 6.27. The number of nitro groups is 1. The van der Waals surface area contributed by atoms with Crippen LogP contribution in [0.4, 0.5) is 17.1 Å². The van der Waals surface area contributed by atoms with E-state index in [1.165, 1.54) is 12.1 Å². The number of nitrogens with zero attached hydrogens (tertiary/aromatic N) is 1. The highest BCUT2D eigenvalue weighted by atomic mass is 16.6. The monoisotopic (exact) mass is 391 g/mol. The molecule has 29 heavy (non-hydrogen) atoms. The molecule has 0 fully saturated rings. The number of para-hydroxylation sites is 1. The number of rotatable bonds is 8.